The molecule has 0 atom stereocenters. The van der Waals surface area contributed by atoms with E-state index in [0.717, 1.165) is 28.3 Å². The fraction of sp³-hybridized carbons (Fsp3) is 0.286. The molecule has 0 bridgehead atoms. The molecule has 2 aromatic rings. The monoisotopic (exact) mass is 321 g/mol. The Morgan fingerprint density at radius 1 is 1.26 bits per heavy atom. The maximum absolute atomic E-state index is 5.81. The van der Waals surface area contributed by atoms with E-state index >= 15 is 0 Å². The SMILES string of the molecule is CCc1nc(NC)cc(Oc2ccc(C)cc2Br)n1. The molecule has 5 heteroatoms. The van der Waals surface area contributed by atoms with Crippen LogP contribution in [0.2, 0.25) is 0 Å². The largest absolute Gasteiger partial charge is 0.438 e. The number of nitrogens with one attached hydrogen (secondary N) is 1. The van der Waals surface area contributed by atoms with Crippen molar-refractivity contribution in [3.05, 3.63) is 40.1 Å². The number of aryl methyl sites for hydroxylation is 2. The zero-order chi connectivity index (χ0) is 13.8. The van der Waals surface area contributed by atoms with Crippen LogP contribution in [0.5, 0.6) is 11.6 Å². The molecule has 0 unspecified atom stereocenters. The summed E-state index contributed by atoms with van der Waals surface area (Å²) in [6.45, 7) is 4.05. The molecule has 0 fully saturated rings. The van der Waals surface area contributed by atoms with Crippen LogP contribution in [0.3, 0.4) is 0 Å². The molecule has 2 rings (SSSR count). The molecule has 19 heavy (non-hydrogen) atoms. The number of hydrogen-bond acceptors (Lipinski definition) is 4. The van der Waals surface area contributed by atoms with E-state index < -0.39 is 0 Å². The van der Waals surface area contributed by atoms with Crippen molar-refractivity contribution >= 4 is 21.7 Å². The third kappa shape index (κ3) is 3.44. The summed E-state index contributed by atoms with van der Waals surface area (Å²) in [6.07, 6.45) is 0.765. The molecule has 0 aliphatic rings. The Balaban J connectivity index is 2.31. The Morgan fingerprint density at radius 3 is 2.68 bits per heavy atom. The Morgan fingerprint density at radius 2 is 2.05 bits per heavy atom. The molecule has 1 aromatic carbocycles. The maximum atomic E-state index is 5.81. The number of hydrogen-bond donors (Lipinski definition) is 1. The second-order valence-electron chi connectivity index (χ2n) is 4.15. The summed E-state index contributed by atoms with van der Waals surface area (Å²) < 4.78 is 6.72. The van der Waals surface area contributed by atoms with Crippen molar-refractivity contribution in [2.75, 3.05) is 12.4 Å². The lowest BCUT2D eigenvalue weighted by Crippen LogP contribution is -2.01. The van der Waals surface area contributed by atoms with Crippen molar-refractivity contribution in [3.63, 3.8) is 0 Å². The number of ether oxygens (including phenoxy) is 1. The number of nitrogens with zero attached hydrogens (tertiary/aromatic N) is 2. The number of anilines is 1. The first-order valence-corrected chi connectivity index (χ1v) is 6.91. The van der Waals surface area contributed by atoms with Gasteiger partial charge >= 0.3 is 0 Å². The summed E-state index contributed by atoms with van der Waals surface area (Å²) in [4.78, 5) is 8.70. The van der Waals surface area contributed by atoms with Crippen molar-refractivity contribution in [1.82, 2.24) is 9.97 Å². The first-order valence-electron chi connectivity index (χ1n) is 6.12. The Labute approximate surface area is 121 Å². The summed E-state index contributed by atoms with van der Waals surface area (Å²) in [7, 11) is 1.83. The lowest BCUT2D eigenvalue weighted by atomic mass is 10.2. The molecule has 0 saturated carbocycles. The first kappa shape index (κ1) is 13.8. The minimum Gasteiger partial charge on any atom is -0.438 e. The highest BCUT2D eigenvalue weighted by molar-refractivity contribution is 9.10. The lowest BCUT2D eigenvalue weighted by molar-refractivity contribution is 0.456. The smallest absolute Gasteiger partial charge is 0.224 e. The van der Waals surface area contributed by atoms with Crippen molar-refractivity contribution < 1.29 is 4.74 Å². The van der Waals surface area contributed by atoms with E-state index in [0.29, 0.717) is 5.88 Å². The van der Waals surface area contributed by atoms with Crippen LogP contribution in [0.15, 0.2) is 28.7 Å². The van der Waals surface area contributed by atoms with Crippen molar-refractivity contribution in [2.45, 2.75) is 20.3 Å². The van der Waals surface area contributed by atoms with Gasteiger partial charge in [-0.15, -0.1) is 0 Å². The molecule has 0 aliphatic heterocycles. The molecular formula is C14H16BrN3O. The van der Waals surface area contributed by atoms with Gasteiger partial charge in [-0.1, -0.05) is 13.0 Å². The fourth-order valence-corrected chi connectivity index (χ4v) is 2.19. The van der Waals surface area contributed by atoms with Gasteiger partial charge in [0.25, 0.3) is 0 Å². The number of aromatic nitrogens is 2. The van der Waals surface area contributed by atoms with Crippen molar-refractivity contribution in [1.29, 1.82) is 0 Å². The van der Waals surface area contributed by atoms with Crippen LogP contribution >= 0.6 is 15.9 Å². The van der Waals surface area contributed by atoms with Crippen LogP contribution < -0.4 is 10.1 Å². The van der Waals surface area contributed by atoms with E-state index in [1.807, 2.05) is 39.1 Å². The van der Waals surface area contributed by atoms with Crippen LogP contribution in [-0.4, -0.2) is 17.0 Å². The average Bonchev–Trinajstić information content (AvgIpc) is 2.41. The highest BCUT2D eigenvalue weighted by atomic mass is 79.9. The minimum absolute atomic E-state index is 0.542. The van der Waals surface area contributed by atoms with E-state index in [-0.39, 0.29) is 0 Å². The topological polar surface area (TPSA) is 47.0 Å². The number of benzene rings is 1. The molecule has 4 nitrogen and oxygen atoms in total. The van der Waals surface area contributed by atoms with Gasteiger partial charge < -0.3 is 10.1 Å². The van der Waals surface area contributed by atoms with E-state index in [1.165, 1.54) is 5.56 Å². The van der Waals surface area contributed by atoms with E-state index in [1.54, 1.807) is 6.07 Å². The van der Waals surface area contributed by atoms with Gasteiger partial charge in [0.05, 0.1) is 4.47 Å². The highest BCUT2D eigenvalue weighted by Crippen LogP contribution is 2.30. The fourth-order valence-electron chi connectivity index (χ4n) is 1.61. The van der Waals surface area contributed by atoms with Gasteiger partial charge in [0.2, 0.25) is 5.88 Å². The minimum atomic E-state index is 0.542. The number of rotatable bonds is 4. The lowest BCUT2D eigenvalue weighted by Gasteiger charge is -2.10. The zero-order valence-corrected chi connectivity index (χ0v) is 12.8. The molecule has 0 spiro atoms. The van der Waals surface area contributed by atoms with Crippen LogP contribution in [-0.2, 0) is 6.42 Å². The summed E-state index contributed by atoms with van der Waals surface area (Å²) in [5.41, 5.74) is 1.17. The van der Waals surface area contributed by atoms with Gasteiger partial charge in [-0.05, 0) is 40.5 Å². The van der Waals surface area contributed by atoms with Gasteiger partial charge in [0, 0.05) is 19.5 Å². The molecule has 1 aromatic heterocycles. The second kappa shape index (κ2) is 6.02. The Hall–Kier alpha value is -1.62. The molecule has 100 valence electrons. The van der Waals surface area contributed by atoms with Crippen LogP contribution in [0.4, 0.5) is 5.82 Å². The predicted octanol–water partition coefficient (Wildman–Crippen LogP) is 3.94. The molecule has 1 heterocycles. The summed E-state index contributed by atoms with van der Waals surface area (Å²) >= 11 is 3.49. The van der Waals surface area contributed by atoms with Gasteiger partial charge in [0.15, 0.2) is 0 Å². The molecule has 0 amide bonds. The Kier molecular flexibility index (Phi) is 4.37. The summed E-state index contributed by atoms with van der Waals surface area (Å²) in [5.74, 6) is 2.80. The average molecular weight is 322 g/mol. The van der Waals surface area contributed by atoms with E-state index in [9.17, 15) is 0 Å². The molecular weight excluding hydrogens is 306 g/mol. The highest BCUT2D eigenvalue weighted by Gasteiger charge is 2.07. The van der Waals surface area contributed by atoms with Crippen LogP contribution in [0.1, 0.15) is 18.3 Å². The Bertz CT molecular complexity index is 565. The van der Waals surface area contributed by atoms with E-state index in [2.05, 4.69) is 31.2 Å². The zero-order valence-electron chi connectivity index (χ0n) is 11.2. The van der Waals surface area contributed by atoms with Gasteiger partial charge in [-0.3, -0.25) is 0 Å². The van der Waals surface area contributed by atoms with Crippen molar-refractivity contribution in [2.24, 2.45) is 0 Å². The molecule has 0 saturated heterocycles. The van der Waals surface area contributed by atoms with Gasteiger partial charge in [-0.25, -0.2) is 4.98 Å². The van der Waals surface area contributed by atoms with E-state index in [4.69, 9.17) is 4.74 Å². The standard InChI is InChI=1S/C14H16BrN3O/c1-4-12-17-13(16-3)8-14(18-12)19-11-6-5-9(2)7-10(11)15/h5-8H,4H2,1-3H3,(H,16,17,18). The van der Waals surface area contributed by atoms with Crippen LogP contribution in [0, 0.1) is 6.92 Å². The number of halogens is 1. The maximum Gasteiger partial charge on any atom is 0.224 e. The third-order valence-corrected chi connectivity index (χ3v) is 3.24. The summed E-state index contributed by atoms with van der Waals surface area (Å²) in [6, 6.07) is 7.72. The molecule has 1 N–H and O–H groups in total. The molecule has 0 aliphatic carbocycles. The second-order valence-corrected chi connectivity index (χ2v) is 5.00. The summed E-state index contributed by atoms with van der Waals surface area (Å²) in [5, 5.41) is 3.01. The molecule has 0 radical (unpaired) electrons. The quantitative estimate of drug-likeness (QED) is 0.926. The third-order valence-electron chi connectivity index (χ3n) is 2.62. The van der Waals surface area contributed by atoms with Crippen molar-refractivity contribution in [3.8, 4) is 11.6 Å². The van der Waals surface area contributed by atoms with Crippen LogP contribution in [0.25, 0.3) is 0 Å². The predicted molar refractivity (Wildman–Crippen MR) is 79.9 cm³/mol. The van der Waals surface area contributed by atoms with Gasteiger partial charge in [0.1, 0.15) is 17.4 Å². The normalized spacial score (nSPS) is 10.3. The van der Waals surface area contributed by atoms with Gasteiger partial charge in [-0.2, -0.15) is 4.98 Å². The first-order chi connectivity index (χ1) is 9.12.